The van der Waals surface area contributed by atoms with Crippen LogP contribution in [0.2, 0.25) is 0 Å². The molecule has 0 radical (unpaired) electrons. The number of rotatable bonds is 8. The third-order valence-electron chi connectivity index (χ3n) is 5.29. The molecule has 0 aliphatic heterocycles. The van der Waals surface area contributed by atoms with Gasteiger partial charge in [-0.1, -0.05) is 31.1 Å². The minimum Gasteiger partial charge on any atom is -0.334 e. The van der Waals surface area contributed by atoms with Gasteiger partial charge in [-0.15, -0.1) is 0 Å². The van der Waals surface area contributed by atoms with Gasteiger partial charge in [0.25, 0.3) is 5.89 Å². The summed E-state index contributed by atoms with van der Waals surface area (Å²) in [5.74, 6) is 1.90. The highest BCUT2D eigenvalue weighted by Gasteiger charge is 2.27. The SMILES string of the molecule is CC(C)Cc1ccc(-c2nc(-c3ccc(CNC4CC(C=O)C4)nc3)no2)cc1. The molecular weight excluding hydrogens is 364 g/mol. The number of nitrogens with one attached hydrogen (secondary N) is 1. The molecule has 1 aromatic carbocycles. The van der Waals surface area contributed by atoms with Crippen molar-refractivity contribution in [2.45, 2.75) is 45.7 Å². The van der Waals surface area contributed by atoms with Crippen LogP contribution < -0.4 is 5.32 Å². The molecule has 3 aromatic rings. The number of aromatic nitrogens is 3. The van der Waals surface area contributed by atoms with Crippen LogP contribution in [0.25, 0.3) is 22.8 Å². The van der Waals surface area contributed by atoms with E-state index in [1.54, 1.807) is 6.20 Å². The van der Waals surface area contributed by atoms with Gasteiger partial charge in [-0.2, -0.15) is 4.98 Å². The Morgan fingerprint density at radius 3 is 2.55 bits per heavy atom. The number of carbonyl (C=O) groups is 1. The number of hydrogen-bond donors (Lipinski definition) is 1. The lowest BCUT2D eigenvalue weighted by Gasteiger charge is -2.32. The molecule has 1 saturated carbocycles. The Bertz CT molecular complexity index is 942. The zero-order valence-corrected chi connectivity index (χ0v) is 16.8. The Morgan fingerprint density at radius 2 is 1.90 bits per heavy atom. The van der Waals surface area contributed by atoms with Crippen LogP contribution >= 0.6 is 0 Å². The molecule has 0 unspecified atom stereocenters. The number of nitrogens with zero attached hydrogens (tertiary/aromatic N) is 3. The first-order valence-electron chi connectivity index (χ1n) is 10.2. The lowest BCUT2D eigenvalue weighted by atomic mass is 9.81. The van der Waals surface area contributed by atoms with Crippen molar-refractivity contribution in [2.75, 3.05) is 0 Å². The van der Waals surface area contributed by atoms with E-state index >= 15 is 0 Å². The zero-order valence-electron chi connectivity index (χ0n) is 16.8. The fourth-order valence-corrected chi connectivity index (χ4v) is 3.56. The molecule has 1 fully saturated rings. The summed E-state index contributed by atoms with van der Waals surface area (Å²) in [5, 5.41) is 7.53. The van der Waals surface area contributed by atoms with Crippen molar-refractivity contribution in [1.29, 1.82) is 0 Å². The first-order chi connectivity index (χ1) is 14.1. The summed E-state index contributed by atoms with van der Waals surface area (Å²) in [6, 6.07) is 12.6. The van der Waals surface area contributed by atoms with E-state index in [4.69, 9.17) is 4.52 Å². The predicted octanol–water partition coefficient (Wildman–Crippen LogP) is 4.06. The van der Waals surface area contributed by atoms with Crippen molar-refractivity contribution in [2.24, 2.45) is 11.8 Å². The lowest BCUT2D eigenvalue weighted by Crippen LogP contribution is -2.41. The molecule has 4 rings (SSSR count). The lowest BCUT2D eigenvalue weighted by molar-refractivity contribution is -0.113. The second-order valence-corrected chi connectivity index (χ2v) is 8.20. The largest absolute Gasteiger partial charge is 0.334 e. The Kier molecular flexibility index (Phi) is 5.81. The average molecular weight is 390 g/mol. The van der Waals surface area contributed by atoms with Crippen molar-refractivity contribution in [3.05, 3.63) is 53.9 Å². The topological polar surface area (TPSA) is 80.9 Å². The summed E-state index contributed by atoms with van der Waals surface area (Å²) in [6.07, 6.45) is 5.72. The second kappa shape index (κ2) is 8.66. The summed E-state index contributed by atoms with van der Waals surface area (Å²) in [7, 11) is 0. The predicted molar refractivity (Wildman–Crippen MR) is 111 cm³/mol. The minimum absolute atomic E-state index is 0.224. The maximum Gasteiger partial charge on any atom is 0.258 e. The Labute approximate surface area is 170 Å². The normalized spacial score (nSPS) is 18.6. The van der Waals surface area contributed by atoms with Gasteiger partial charge >= 0.3 is 0 Å². The maximum atomic E-state index is 10.7. The molecule has 2 heterocycles. The monoisotopic (exact) mass is 390 g/mol. The van der Waals surface area contributed by atoms with Crippen molar-refractivity contribution in [3.8, 4) is 22.8 Å². The first kappa shape index (κ1) is 19.5. The quantitative estimate of drug-likeness (QED) is 0.584. The fraction of sp³-hybridized carbons (Fsp3) is 0.391. The van der Waals surface area contributed by atoms with Crippen LogP contribution in [-0.2, 0) is 17.8 Å². The molecule has 0 spiro atoms. The van der Waals surface area contributed by atoms with Gasteiger partial charge in [0, 0.05) is 35.8 Å². The number of carbonyl (C=O) groups excluding carboxylic acids is 1. The number of pyridine rings is 1. The number of benzene rings is 1. The fourth-order valence-electron chi connectivity index (χ4n) is 3.56. The van der Waals surface area contributed by atoms with Crippen LogP contribution in [0.1, 0.15) is 37.9 Å². The number of aldehydes is 1. The van der Waals surface area contributed by atoms with Crippen molar-refractivity contribution < 1.29 is 9.32 Å². The van der Waals surface area contributed by atoms with E-state index in [1.165, 1.54) is 5.56 Å². The van der Waals surface area contributed by atoms with Crippen LogP contribution in [0.5, 0.6) is 0 Å². The highest BCUT2D eigenvalue weighted by atomic mass is 16.5. The van der Waals surface area contributed by atoms with Gasteiger partial charge in [-0.25, -0.2) is 0 Å². The maximum absolute atomic E-state index is 10.7. The minimum atomic E-state index is 0.224. The van der Waals surface area contributed by atoms with Crippen molar-refractivity contribution in [3.63, 3.8) is 0 Å². The van der Waals surface area contributed by atoms with Crippen LogP contribution in [0.3, 0.4) is 0 Å². The van der Waals surface area contributed by atoms with E-state index in [9.17, 15) is 4.79 Å². The molecular formula is C23H26N4O2. The smallest absolute Gasteiger partial charge is 0.258 e. The molecule has 0 atom stereocenters. The molecule has 6 nitrogen and oxygen atoms in total. The molecule has 1 aliphatic rings. The van der Waals surface area contributed by atoms with Gasteiger partial charge < -0.3 is 14.6 Å². The Morgan fingerprint density at radius 1 is 1.14 bits per heavy atom. The molecule has 6 heteroatoms. The highest BCUT2D eigenvalue weighted by Crippen LogP contribution is 2.26. The van der Waals surface area contributed by atoms with E-state index in [2.05, 4.69) is 46.4 Å². The van der Waals surface area contributed by atoms with Gasteiger partial charge in [-0.3, -0.25) is 4.98 Å². The van der Waals surface area contributed by atoms with Crippen LogP contribution in [0, 0.1) is 11.8 Å². The van der Waals surface area contributed by atoms with Gasteiger partial charge in [-0.05, 0) is 55.0 Å². The zero-order chi connectivity index (χ0) is 20.2. The Balaban J connectivity index is 1.37. The summed E-state index contributed by atoms with van der Waals surface area (Å²) in [4.78, 5) is 19.7. The van der Waals surface area contributed by atoms with Crippen LogP contribution in [0.15, 0.2) is 47.1 Å². The van der Waals surface area contributed by atoms with Gasteiger partial charge in [0.1, 0.15) is 6.29 Å². The molecule has 0 amide bonds. The van der Waals surface area contributed by atoms with Crippen LogP contribution in [0.4, 0.5) is 0 Å². The van der Waals surface area contributed by atoms with E-state index in [1.807, 2.05) is 24.3 Å². The third kappa shape index (κ3) is 4.77. The second-order valence-electron chi connectivity index (χ2n) is 8.20. The molecule has 1 aliphatic carbocycles. The molecule has 2 aromatic heterocycles. The standard InChI is InChI=1S/C23H26N4O2/c1-15(2)9-16-3-5-18(6-4-16)23-26-22(27-29-23)19-7-8-20(24-12-19)13-25-21-10-17(11-21)14-28/h3-8,12,14-15,17,21,25H,9-11,13H2,1-2H3. The van der Waals surface area contributed by atoms with Gasteiger partial charge in [0.2, 0.25) is 5.82 Å². The molecule has 0 saturated heterocycles. The molecule has 150 valence electrons. The molecule has 1 N–H and O–H groups in total. The van der Waals surface area contributed by atoms with Gasteiger partial charge in [0.05, 0.1) is 5.69 Å². The highest BCUT2D eigenvalue weighted by molar-refractivity contribution is 5.59. The van der Waals surface area contributed by atoms with E-state index in [0.717, 1.165) is 42.4 Å². The van der Waals surface area contributed by atoms with Gasteiger partial charge in [0.15, 0.2) is 0 Å². The summed E-state index contributed by atoms with van der Waals surface area (Å²) in [5.41, 5.74) is 4.00. The van der Waals surface area contributed by atoms with Crippen molar-refractivity contribution >= 4 is 6.29 Å². The Hall–Kier alpha value is -2.86. The van der Waals surface area contributed by atoms with Crippen molar-refractivity contribution in [1.82, 2.24) is 20.4 Å². The molecule has 29 heavy (non-hydrogen) atoms. The average Bonchev–Trinajstić information content (AvgIpc) is 3.18. The van der Waals surface area contributed by atoms with E-state index in [-0.39, 0.29) is 5.92 Å². The van der Waals surface area contributed by atoms with E-state index < -0.39 is 0 Å². The van der Waals surface area contributed by atoms with E-state index in [0.29, 0.717) is 30.2 Å². The number of hydrogen-bond acceptors (Lipinski definition) is 6. The summed E-state index contributed by atoms with van der Waals surface area (Å²) < 4.78 is 5.45. The third-order valence-corrected chi connectivity index (χ3v) is 5.29. The van der Waals surface area contributed by atoms with Crippen LogP contribution in [-0.4, -0.2) is 27.5 Å². The first-order valence-corrected chi connectivity index (χ1v) is 10.2. The molecule has 0 bridgehead atoms. The summed E-state index contributed by atoms with van der Waals surface area (Å²) >= 11 is 0. The summed E-state index contributed by atoms with van der Waals surface area (Å²) in [6.45, 7) is 5.12.